The first kappa shape index (κ1) is 9.00. The van der Waals surface area contributed by atoms with Gasteiger partial charge in [0, 0.05) is 18.1 Å². The zero-order chi connectivity index (χ0) is 9.80. The second-order valence-electron chi connectivity index (χ2n) is 3.57. The van der Waals surface area contributed by atoms with E-state index in [0.29, 0.717) is 5.92 Å². The van der Waals surface area contributed by atoms with Gasteiger partial charge in [0.15, 0.2) is 0 Å². The van der Waals surface area contributed by atoms with Crippen molar-refractivity contribution in [2.24, 2.45) is 5.92 Å². The molecular weight excluding hydrogens is 172 g/mol. The molecule has 0 saturated heterocycles. The molecule has 0 amide bonds. The Kier molecular flexibility index (Phi) is 2.63. The molecule has 0 radical (unpaired) electrons. The molecule has 0 heterocycles. The molecule has 1 aromatic carbocycles. The Bertz CT molecular complexity index is 337. The summed E-state index contributed by atoms with van der Waals surface area (Å²) in [6.45, 7) is 0. The summed E-state index contributed by atoms with van der Waals surface area (Å²) in [4.78, 5) is 0. The SMILES string of the molecule is N=C/C(=C\Nc1ccccc1)C1CC1. The fraction of sp³-hybridized carbons (Fsp3) is 0.250. The molecule has 72 valence electrons. The van der Waals surface area contributed by atoms with E-state index in [1.54, 1.807) is 0 Å². The van der Waals surface area contributed by atoms with Crippen LogP contribution >= 0.6 is 0 Å². The van der Waals surface area contributed by atoms with Crippen LogP contribution in [0.3, 0.4) is 0 Å². The monoisotopic (exact) mass is 186 g/mol. The van der Waals surface area contributed by atoms with Gasteiger partial charge >= 0.3 is 0 Å². The van der Waals surface area contributed by atoms with E-state index < -0.39 is 0 Å². The van der Waals surface area contributed by atoms with Crippen molar-refractivity contribution < 1.29 is 0 Å². The summed E-state index contributed by atoms with van der Waals surface area (Å²) in [6, 6.07) is 10.0. The number of hydrogen-bond acceptors (Lipinski definition) is 2. The Morgan fingerprint density at radius 3 is 2.57 bits per heavy atom. The lowest BCUT2D eigenvalue weighted by atomic mass is 10.2. The first-order chi connectivity index (χ1) is 6.90. The van der Waals surface area contributed by atoms with Crippen LogP contribution in [-0.4, -0.2) is 6.21 Å². The van der Waals surface area contributed by atoms with Crippen molar-refractivity contribution in [3.63, 3.8) is 0 Å². The maximum Gasteiger partial charge on any atom is 0.0379 e. The molecule has 1 aromatic rings. The molecule has 0 aliphatic heterocycles. The molecule has 14 heavy (non-hydrogen) atoms. The topological polar surface area (TPSA) is 35.9 Å². The van der Waals surface area contributed by atoms with Crippen LogP contribution in [0.15, 0.2) is 42.1 Å². The fourth-order valence-corrected chi connectivity index (χ4v) is 1.40. The predicted molar refractivity (Wildman–Crippen MR) is 59.7 cm³/mol. The predicted octanol–water partition coefficient (Wildman–Crippen LogP) is 3.04. The smallest absolute Gasteiger partial charge is 0.0379 e. The molecule has 0 spiro atoms. The van der Waals surface area contributed by atoms with Gasteiger partial charge in [-0.15, -0.1) is 0 Å². The van der Waals surface area contributed by atoms with Gasteiger partial charge in [0.05, 0.1) is 0 Å². The highest BCUT2D eigenvalue weighted by molar-refractivity contribution is 5.78. The van der Waals surface area contributed by atoms with Crippen molar-refractivity contribution in [2.45, 2.75) is 12.8 Å². The molecule has 1 aliphatic carbocycles. The van der Waals surface area contributed by atoms with Gasteiger partial charge in [-0.1, -0.05) is 18.2 Å². The van der Waals surface area contributed by atoms with Gasteiger partial charge in [0.1, 0.15) is 0 Å². The van der Waals surface area contributed by atoms with Crippen molar-refractivity contribution in [2.75, 3.05) is 5.32 Å². The number of nitrogens with one attached hydrogen (secondary N) is 2. The zero-order valence-corrected chi connectivity index (χ0v) is 8.03. The minimum absolute atomic E-state index is 0.628. The van der Waals surface area contributed by atoms with Gasteiger partial charge in [0.2, 0.25) is 0 Å². The summed E-state index contributed by atoms with van der Waals surface area (Å²) in [5.41, 5.74) is 2.18. The molecule has 0 atom stereocenters. The van der Waals surface area contributed by atoms with Crippen molar-refractivity contribution in [1.82, 2.24) is 0 Å². The van der Waals surface area contributed by atoms with E-state index in [0.717, 1.165) is 11.3 Å². The summed E-state index contributed by atoms with van der Waals surface area (Å²) in [5, 5.41) is 10.5. The van der Waals surface area contributed by atoms with Crippen molar-refractivity contribution in [3.8, 4) is 0 Å². The van der Waals surface area contributed by atoms with Crippen molar-refractivity contribution >= 4 is 11.9 Å². The molecule has 0 unspecified atom stereocenters. The van der Waals surface area contributed by atoms with Crippen LogP contribution in [0.5, 0.6) is 0 Å². The molecule has 2 N–H and O–H groups in total. The van der Waals surface area contributed by atoms with E-state index in [-0.39, 0.29) is 0 Å². The summed E-state index contributed by atoms with van der Waals surface area (Å²) in [5.74, 6) is 0.628. The average Bonchev–Trinajstić information content (AvgIpc) is 3.05. The second kappa shape index (κ2) is 4.09. The number of rotatable bonds is 4. The third-order valence-corrected chi connectivity index (χ3v) is 2.39. The minimum atomic E-state index is 0.628. The molecule has 0 aromatic heterocycles. The number of hydrogen-bond donors (Lipinski definition) is 2. The van der Waals surface area contributed by atoms with Crippen LogP contribution < -0.4 is 5.32 Å². The maximum absolute atomic E-state index is 7.26. The van der Waals surface area contributed by atoms with E-state index in [4.69, 9.17) is 5.41 Å². The second-order valence-corrected chi connectivity index (χ2v) is 3.57. The lowest BCUT2D eigenvalue weighted by Crippen LogP contribution is -1.94. The van der Waals surface area contributed by atoms with Gasteiger partial charge in [-0.25, -0.2) is 0 Å². The van der Waals surface area contributed by atoms with E-state index in [2.05, 4.69) is 5.32 Å². The lowest BCUT2D eigenvalue weighted by Gasteiger charge is -2.02. The van der Waals surface area contributed by atoms with Gasteiger partial charge in [0.25, 0.3) is 0 Å². The molecule has 1 saturated carbocycles. The molecule has 2 nitrogen and oxygen atoms in total. The minimum Gasteiger partial charge on any atom is -0.361 e. The van der Waals surface area contributed by atoms with Crippen LogP contribution in [0.4, 0.5) is 5.69 Å². The molecule has 2 heteroatoms. The summed E-state index contributed by atoms with van der Waals surface area (Å²) < 4.78 is 0. The van der Waals surface area contributed by atoms with E-state index in [9.17, 15) is 0 Å². The average molecular weight is 186 g/mol. The van der Waals surface area contributed by atoms with Crippen LogP contribution in [0.2, 0.25) is 0 Å². The highest BCUT2D eigenvalue weighted by atomic mass is 14.8. The van der Waals surface area contributed by atoms with Crippen LogP contribution in [0.1, 0.15) is 12.8 Å². The van der Waals surface area contributed by atoms with Gasteiger partial charge in [-0.3, -0.25) is 0 Å². The van der Waals surface area contributed by atoms with Gasteiger partial charge < -0.3 is 10.7 Å². The Labute approximate surface area is 84.2 Å². The van der Waals surface area contributed by atoms with Crippen LogP contribution in [0, 0.1) is 11.3 Å². The normalized spacial score (nSPS) is 16.4. The molecule has 1 aliphatic rings. The lowest BCUT2D eigenvalue weighted by molar-refractivity contribution is 1.07. The summed E-state index contributed by atoms with van der Waals surface area (Å²) in [7, 11) is 0. The van der Waals surface area contributed by atoms with Crippen molar-refractivity contribution in [1.29, 1.82) is 5.41 Å². The third kappa shape index (κ3) is 2.22. The Balaban J connectivity index is 2.00. The molecule has 2 rings (SSSR count). The van der Waals surface area contributed by atoms with Crippen LogP contribution in [-0.2, 0) is 0 Å². The standard InChI is InChI=1S/C12H14N2/c13-8-11(10-6-7-10)9-14-12-4-2-1-3-5-12/h1-5,8-10,13-14H,6-7H2/b11-9+,13-8?. The summed E-state index contributed by atoms with van der Waals surface area (Å²) in [6.07, 6.45) is 5.86. The Morgan fingerprint density at radius 2 is 2.00 bits per heavy atom. The first-order valence-corrected chi connectivity index (χ1v) is 4.92. The number of anilines is 1. The maximum atomic E-state index is 7.26. The highest BCUT2D eigenvalue weighted by Crippen LogP contribution is 2.35. The molecule has 1 fully saturated rings. The van der Waals surface area contributed by atoms with Crippen LogP contribution in [0.25, 0.3) is 0 Å². The molecular formula is C12H14N2. The first-order valence-electron chi connectivity index (χ1n) is 4.92. The third-order valence-electron chi connectivity index (χ3n) is 2.39. The van der Waals surface area contributed by atoms with Crippen molar-refractivity contribution in [3.05, 3.63) is 42.1 Å². The molecule has 0 bridgehead atoms. The number of allylic oxidation sites excluding steroid dienone is 1. The Morgan fingerprint density at radius 1 is 1.29 bits per heavy atom. The van der Waals surface area contributed by atoms with Gasteiger partial charge in [-0.05, 0) is 36.5 Å². The zero-order valence-electron chi connectivity index (χ0n) is 8.03. The quantitative estimate of drug-likeness (QED) is 0.696. The number of para-hydroxylation sites is 1. The highest BCUT2D eigenvalue weighted by Gasteiger charge is 2.24. The largest absolute Gasteiger partial charge is 0.361 e. The Hall–Kier alpha value is -1.57. The van der Waals surface area contributed by atoms with Gasteiger partial charge in [-0.2, -0.15) is 0 Å². The van der Waals surface area contributed by atoms with E-state index >= 15 is 0 Å². The van der Waals surface area contributed by atoms with E-state index in [1.165, 1.54) is 19.1 Å². The summed E-state index contributed by atoms with van der Waals surface area (Å²) >= 11 is 0. The van der Waals surface area contributed by atoms with E-state index in [1.807, 2.05) is 36.5 Å². The number of benzene rings is 1. The fourth-order valence-electron chi connectivity index (χ4n) is 1.40.